The summed E-state index contributed by atoms with van der Waals surface area (Å²) in [6.45, 7) is -0.0443. The minimum Gasteiger partial charge on any atom is -0.465 e. The van der Waals surface area contributed by atoms with E-state index >= 15 is 0 Å². The highest BCUT2D eigenvalue weighted by Crippen LogP contribution is 2.37. The molecule has 0 bridgehead atoms. The lowest BCUT2D eigenvalue weighted by Crippen LogP contribution is -2.38. The number of anilines is 1. The summed E-state index contributed by atoms with van der Waals surface area (Å²) >= 11 is 0. The molecule has 2 N–H and O–H groups in total. The average molecular weight is 396 g/mol. The zero-order valence-electron chi connectivity index (χ0n) is 14.3. The number of carboxylic acid groups (broad SMARTS) is 1. The Labute approximate surface area is 155 Å². The summed E-state index contributed by atoms with van der Waals surface area (Å²) in [5.41, 5.74) is 0.608. The summed E-state index contributed by atoms with van der Waals surface area (Å²) in [6, 6.07) is 8.18. The average Bonchev–Trinajstić information content (AvgIpc) is 2.60. The van der Waals surface area contributed by atoms with E-state index in [1.54, 1.807) is 0 Å². The Balaban J connectivity index is 2.04. The number of rotatable bonds is 4. The van der Waals surface area contributed by atoms with Gasteiger partial charge < -0.3 is 10.4 Å². The van der Waals surface area contributed by atoms with Gasteiger partial charge in [-0.25, -0.2) is 22.0 Å². The molecule has 0 saturated carbocycles. The van der Waals surface area contributed by atoms with E-state index in [2.05, 4.69) is 5.32 Å². The fourth-order valence-corrected chi connectivity index (χ4v) is 4.73. The van der Waals surface area contributed by atoms with Gasteiger partial charge in [-0.15, -0.1) is 0 Å². The van der Waals surface area contributed by atoms with E-state index < -0.39 is 27.8 Å². The maximum absolute atomic E-state index is 14.6. The van der Waals surface area contributed by atoms with Crippen LogP contribution in [0.1, 0.15) is 18.4 Å². The first-order valence-corrected chi connectivity index (χ1v) is 9.95. The first kappa shape index (κ1) is 19.1. The molecule has 0 spiro atoms. The van der Waals surface area contributed by atoms with Crippen molar-refractivity contribution in [3.05, 3.63) is 53.6 Å². The van der Waals surface area contributed by atoms with Crippen LogP contribution in [0.5, 0.6) is 0 Å². The monoisotopic (exact) mass is 396 g/mol. The Kier molecular flexibility index (Phi) is 5.31. The highest BCUT2D eigenvalue weighted by Gasteiger charge is 2.30. The number of hydrogen-bond donors (Lipinski definition) is 2. The van der Waals surface area contributed by atoms with Crippen LogP contribution in [0, 0.1) is 11.6 Å². The lowest BCUT2D eigenvalue weighted by molar-refractivity contribution is 0.194. The highest BCUT2D eigenvalue weighted by molar-refractivity contribution is 7.92. The first-order valence-electron chi connectivity index (χ1n) is 8.34. The van der Waals surface area contributed by atoms with Gasteiger partial charge in [0.25, 0.3) is 0 Å². The standard InChI is InChI=1S/C18H18F2N2O4S/c19-15-5-3-4-14(17(15)22-8-1-2-9-27(22,25)26)12-6-7-13(16(20)10-12)11-21-18(23)24/h3-7,10,21H,1-2,8-9,11H2,(H,23,24). The molecule has 0 unspecified atom stereocenters. The third kappa shape index (κ3) is 4.02. The number of sulfonamides is 1. The fraction of sp³-hybridized carbons (Fsp3) is 0.278. The quantitative estimate of drug-likeness (QED) is 0.830. The van der Waals surface area contributed by atoms with Crippen molar-refractivity contribution in [3.8, 4) is 11.1 Å². The van der Waals surface area contributed by atoms with Gasteiger partial charge in [-0.3, -0.25) is 4.31 Å². The molecule has 27 heavy (non-hydrogen) atoms. The molecule has 1 amide bonds. The molecule has 144 valence electrons. The van der Waals surface area contributed by atoms with Crippen molar-refractivity contribution in [2.24, 2.45) is 0 Å². The molecular weight excluding hydrogens is 378 g/mol. The summed E-state index contributed by atoms with van der Waals surface area (Å²) in [5.74, 6) is -1.43. The van der Waals surface area contributed by atoms with Crippen LogP contribution in [0.15, 0.2) is 36.4 Å². The summed E-state index contributed by atoms with van der Waals surface area (Å²) in [4.78, 5) is 10.6. The molecule has 1 aliphatic rings. The lowest BCUT2D eigenvalue weighted by atomic mass is 10.0. The Hall–Kier alpha value is -2.68. The molecule has 0 aliphatic carbocycles. The van der Waals surface area contributed by atoms with Gasteiger partial charge in [0.05, 0.1) is 11.4 Å². The Bertz CT molecular complexity index is 979. The van der Waals surface area contributed by atoms with Crippen molar-refractivity contribution in [2.45, 2.75) is 19.4 Å². The van der Waals surface area contributed by atoms with Crippen LogP contribution < -0.4 is 9.62 Å². The molecule has 0 aromatic heterocycles. The summed E-state index contributed by atoms with van der Waals surface area (Å²) in [5, 5.41) is 10.7. The number of para-hydroxylation sites is 1. The largest absolute Gasteiger partial charge is 0.465 e. The van der Waals surface area contributed by atoms with Crippen LogP contribution in [0.4, 0.5) is 19.3 Å². The molecule has 1 aliphatic heterocycles. The normalized spacial score (nSPS) is 16.1. The van der Waals surface area contributed by atoms with Crippen LogP contribution in [0.3, 0.4) is 0 Å². The Morgan fingerprint density at radius 2 is 1.93 bits per heavy atom. The maximum Gasteiger partial charge on any atom is 0.404 e. The summed E-state index contributed by atoms with van der Waals surface area (Å²) in [7, 11) is -3.64. The number of benzene rings is 2. The molecule has 9 heteroatoms. The van der Waals surface area contributed by atoms with Crippen molar-refractivity contribution >= 4 is 21.8 Å². The molecule has 0 atom stereocenters. The SMILES string of the molecule is O=C(O)NCc1ccc(-c2cccc(F)c2N2CCCCS2(=O)=O)cc1F. The van der Waals surface area contributed by atoms with Gasteiger partial charge in [-0.2, -0.15) is 0 Å². The number of hydrogen-bond acceptors (Lipinski definition) is 3. The van der Waals surface area contributed by atoms with E-state index in [-0.39, 0.29) is 35.7 Å². The van der Waals surface area contributed by atoms with E-state index in [9.17, 15) is 22.0 Å². The van der Waals surface area contributed by atoms with Gasteiger partial charge in [-0.05, 0) is 30.5 Å². The van der Waals surface area contributed by atoms with Crippen LogP contribution in [0.25, 0.3) is 11.1 Å². The van der Waals surface area contributed by atoms with Gasteiger partial charge >= 0.3 is 6.09 Å². The van der Waals surface area contributed by atoms with Crippen molar-refractivity contribution in [2.75, 3.05) is 16.6 Å². The predicted molar refractivity (Wildman–Crippen MR) is 97.0 cm³/mol. The second-order valence-corrected chi connectivity index (χ2v) is 8.21. The molecule has 1 fully saturated rings. The highest BCUT2D eigenvalue weighted by atomic mass is 32.2. The molecule has 6 nitrogen and oxygen atoms in total. The van der Waals surface area contributed by atoms with E-state index in [0.29, 0.717) is 18.4 Å². The van der Waals surface area contributed by atoms with Crippen molar-refractivity contribution in [3.63, 3.8) is 0 Å². The number of halogens is 2. The van der Waals surface area contributed by atoms with Crippen molar-refractivity contribution in [1.82, 2.24) is 5.32 Å². The number of nitrogens with one attached hydrogen (secondary N) is 1. The number of amides is 1. The van der Waals surface area contributed by atoms with Gasteiger partial charge in [0.2, 0.25) is 10.0 Å². The van der Waals surface area contributed by atoms with Gasteiger partial charge in [0.15, 0.2) is 0 Å². The number of nitrogens with zero attached hydrogens (tertiary/aromatic N) is 1. The van der Waals surface area contributed by atoms with Gasteiger partial charge in [-0.1, -0.05) is 24.3 Å². The van der Waals surface area contributed by atoms with Gasteiger partial charge in [0, 0.05) is 24.2 Å². The molecule has 0 radical (unpaired) electrons. The zero-order chi connectivity index (χ0) is 19.6. The molecule has 3 rings (SSSR count). The second-order valence-electron chi connectivity index (χ2n) is 6.20. The molecule has 1 heterocycles. The fourth-order valence-electron chi connectivity index (χ4n) is 3.07. The maximum atomic E-state index is 14.6. The van der Waals surface area contributed by atoms with Gasteiger partial charge in [0.1, 0.15) is 11.6 Å². The smallest absolute Gasteiger partial charge is 0.404 e. The third-order valence-electron chi connectivity index (χ3n) is 4.38. The minimum atomic E-state index is -3.64. The number of carbonyl (C=O) groups is 1. The summed E-state index contributed by atoms with van der Waals surface area (Å²) in [6.07, 6.45) is -0.148. The summed E-state index contributed by atoms with van der Waals surface area (Å²) < 4.78 is 54.8. The van der Waals surface area contributed by atoms with Crippen LogP contribution >= 0.6 is 0 Å². The first-order chi connectivity index (χ1) is 12.8. The van der Waals surface area contributed by atoms with Crippen molar-refractivity contribution in [1.29, 1.82) is 0 Å². The molecule has 2 aromatic carbocycles. The molecule has 1 saturated heterocycles. The van der Waals surface area contributed by atoms with E-state index in [1.807, 2.05) is 0 Å². The van der Waals surface area contributed by atoms with E-state index in [1.165, 1.54) is 30.3 Å². The minimum absolute atomic E-state index is 0.0606. The van der Waals surface area contributed by atoms with Crippen LogP contribution in [-0.2, 0) is 16.6 Å². The lowest BCUT2D eigenvalue weighted by Gasteiger charge is -2.30. The van der Waals surface area contributed by atoms with Crippen molar-refractivity contribution < 1.29 is 27.1 Å². The second kappa shape index (κ2) is 7.51. The third-order valence-corrected chi connectivity index (χ3v) is 6.22. The van der Waals surface area contributed by atoms with E-state index in [0.717, 1.165) is 10.4 Å². The topological polar surface area (TPSA) is 86.7 Å². The molecule has 2 aromatic rings. The van der Waals surface area contributed by atoms with E-state index in [4.69, 9.17) is 5.11 Å². The molecular formula is C18H18F2N2O4S. The van der Waals surface area contributed by atoms with Crippen LogP contribution in [-0.4, -0.2) is 31.9 Å². The Morgan fingerprint density at radius 3 is 2.59 bits per heavy atom. The van der Waals surface area contributed by atoms with Crippen LogP contribution in [0.2, 0.25) is 0 Å². The zero-order valence-corrected chi connectivity index (χ0v) is 15.1. The Morgan fingerprint density at radius 1 is 1.15 bits per heavy atom. The predicted octanol–water partition coefficient (Wildman–Crippen LogP) is 3.33.